The monoisotopic (exact) mass is 410 g/mol. The Bertz CT molecular complexity index is 897. The van der Waals surface area contributed by atoms with E-state index in [-0.39, 0.29) is 18.7 Å². The molecule has 2 aliphatic rings. The van der Waals surface area contributed by atoms with Gasteiger partial charge in [0.2, 0.25) is 12.7 Å². The van der Waals surface area contributed by atoms with Crippen molar-refractivity contribution in [2.75, 3.05) is 37.9 Å². The van der Waals surface area contributed by atoms with Crippen molar-refractivity contribution < 1.29 is 19.1 Å². The van der Waals surface area contributed by atoms with E-state index in [2.05, 4.69) is 27.7 Å². The van der Waals surface area contributed by atoms with Gasteiger partial charge in [-0.25, -0.2) is 4.79 Å². The molecule has 0 saturated carbocycles. The van der Waals surface area contributed by atoms with Gasteiger partial charge in [0.1, 0.15) is 6.04 Å². The topological polar surface area (TPSA) is 83.1 Å². The van der Waals surface area contributed by atoms with E-state index in [1.165, 1.54) is 0 Å². The van der Waals surface area contributed by atoms with Gasteiger partial charge in [-0.2, -0.15) is 0 Å². The van der Waals surface area contributed by atoms with Crippen molar-refractivity contribution in [3.63, 3.8) is 0 Å². The van der Waals surface area contributed by atoms with Crippen LogP contribution in [-0.4, -0.2) is 55.9 Å². The number of fused-ring (bicyclic) bond motifs is 1. The van der Waals surface area contributed by atoms with E-state index in [1.54, 1.807) is 11.8 Å². The SMILES string of the molecule is CC(NC(=O)N1CCN(c2ccccc2)CC1)C(=O)NCc1ccc2c(c1)OCO2. The van der Waals surface area contributed by atoms with Crippen LogP contribution in [0.15, 0.2) is 48.5 Å². The molecule has 1 saturated heterocycles. The van der Waals surface area contributed by atoms with Gasteiger partial charge in [0, 0.05) is 38.4 Å². The van der Waals surface area contributed by atoms with E-state index in [1.807, 2.05) is 36.4 Å². The number of carbonyl (C=O) groups is 2. The minimum atomic E-state index is -0.626. The molecule has 0 aliphatic carbocycles. The molecule has 2 N–H and O–H groups in total. The lowest BCUT2D eigenvalue weighted by Crippen LogP contribution is -2.55. The average Bonchev–Trinajstić information content (AvgIpc) is 3.26. The molecular formula is C22H26N4O4. The number of ether oxygens (including phenoxy) is 2. The summed E-state index contributed by atoms with van der Waals surface area (Å²) in [5.41, 5.74) is 2.07. The molecule has 8 heteroatoms. The molecule has 0 spiro atoms. The second kappa shape index (κ2) is 8.94. The highest BCUT2D eigenvalue weighted by atomic mass is 16.7. The van der Waals surface area contributed by atoms with E-state index < -0.39 is 6.04 Å². The van der Waals surface area contributed by atoms with Gasteiger partial charge in [-0.15, -0.1) is 0 Å². The van der Waals surface area contributed by atoms with E-state index in [0.29, 0.717) is 31.1 Å². The van der Waals surface area contributed by atoms with Crippen LogP contribution in [0.25, 0.3) is 0 Å². The van der Waals surface area contributed by atoms with Crippen LogP contribution in [0.5, 0.6) is 11.5 Å². The highest BCUT2D eigenvalue weighted by Crippen LogP contribution is 2.32. The lowest BCUT2D eigenvalue weighted by molar-refractivity contribution is -0.122. The highest BCUT2D eigenvalue weighted by Gasteiger charge is 2.24. The van der Waals surface area contributed by atoms with E-state index in [9.17, 15) is 9.59 Å². The number of para-hydroxylation sites is 1. The van der Waals surface area contributed by atoms with E-state index >= 15 is 0 Å². The number of amides is 3. The van der Waals surface area contributed by atoms with Crippen LogP contribution in [-0.2, 0) is 11.3 Å². The Kier molecular flexibility index (Phi) is 5.92. The fraction of sp³-hybridized carbons (Fsp3) is 0.364. The molecule has 8 nitrogen and oxygen atoms in total. The zero-order chi connectivity index (χ0) is 20.9. The van der Waals surface area contributed by atoms with Gasteiger partial charge in [-0.1, -0.05) is 24.3 Å². The number of nitrogens with one attached hydrogen (secondary N) is 2. The number of benzene rings is 2. The molecule has 158 valence electrons. The summed E-state index contributed by atoms with van der Waals surface area (Å²) in [6.07, 6.45) is 0. The smallest absolute Gasteiger partial charge is 0.318 e. The summed E-state index contributed by atoms with van der Waals surface area (Å²) in [5.74, 6) is 1.15. The molecule has 1 atom stereocenters. The minimum absolute atomic E-state index is 0.214. The van der Waals surface area contributed by atoms with E-state index in [4.69, 9.17) is 9.47 Å². The molecule has 2 aliphatic heterocycles. The van der Waals surface area contributed by atoms with Gasteiger partial charge < -0.3 is 29.9 Å². The fourth-order valence-electron chi connectivity index (χ4n) is 3.54. The maximum Gasteiger partial charge on any atom is 0.318 e. The molecule has 2 aromatic carbocycles. The molecule has 0 bridgehead atoms. The zero-order valence-electron chi connectivity index (χ0n) is 17.0. The maximum absolute atomic E-state index is 12.5. The first kappa shape index (κ1) is 19.9. The maximum atomic E-state index is 12.5. The Balaban J connectivity index is 1.22. The van der Waals surface area contributed by atoms with Gasteiger partial charge in [0.15, 0.2) is 11.5 Å². The van der Waals surface area contributed by atoms with Crippen LogP contribution in [0.2, 0.25) is 0 Å². The van der Waals surface area contributed by atoms with Crippen LogP contribution in [0.1, 0.15) is 12.5 Å². The summed E-state index contributed by atoms with van der Waals surface area (Å²) in [5, 5.41) is 5.64. The second-order valence-corrected chi connectivity index (χ2v) is 7.39. The van der Waals surface area contributed by atoms with E-state index in [0.717, 1.165) is 24.3 Å². The summed E-state index contributed by atoms with van der Waals surface area (Å²) in [6, 6.07) is 14.9. The predicted octanol–water partition coefficient (Wildman–Crippen LogP) is 1.95. The number of hydrogen-bond donors (Lipinski definition) is 2. The number of urea groups is 1. The van der Waals surface area contributed by atoms with Crippen LogP contribution in [0.3, 0.4) is 0 Å². The number of piperazine rings is 1. The van der Waals surface area contributed by atoms with Crippen LogP contribution in [0.4, 0.5) is 10.5 Å². The lowest BCUT2D eigenvalue weighted by atomic mass is 10.2. The fourth-order valence-corrected chi connectivity index (χ4v) is 3.54. The van der Waals surface area contributed by atoms with Crippen molar-refractivity contribution in [3.05, 3.63) is 54.1 Å². The highest BCUT2D eigenvalue weighted by molar-refractivity contribution is 5.86. The standard InChI is InChI=1S/C22H26N4O4/c1-16(21(27)23-14-17-7-8-19-20(13-17)30-15-29-19)24-22(28)26-11-9-25(10-12-26)18-5-3-2-4-6-18/h2-8,13,16H,9-12,14-15H2,1H3,(H,23,27)(H,24,28). The number of hydrogen-bond acceptors (Lipinski definition) is 5. The van der Waals surface area contributed by atoms with Gasteiger partial charge in [-0.3, -0.25) is 4.79 Å². The summed E-state index contributed by atoms with van der Waals surface area (Å²) >= 11 is 0. The molecule has 30 heavy (non-hydrogen) atoms. The minimum Gasteiger partial charge on any atom is -0.454 e. The number of rotatable bonds is 5. The molecule has 0 radical (unpaired) electrons. The molecule has 3 amide bonds. The summed E-state index contributed by atoms with van der Waals surface area (Å²) in [7, 11) is 0. The third-order valence-corrected chi connectivity index (χ3v) is 5.33. The Morgan fingerprint density at radius 1 is 1.00 bits per heavy atom. The van der Waals surface area contributed by atoms with Crippen molar-refractivity contribution in [1.29, 1.82) is 0 Å². The zero-order valence-corrected chi connectivity index (χ0v) is 17.0. The average molecular weight is 410 g/mol. The molecule has 4 rings (SSSR count). The Morgan fingerprint density at radius 2 is 1.73 bits per heavy atom. The van der Waals surface area contributed by atoms with Gasteiger partial charge in [0.05, 0.1) is 0 Å². The van der Waals surface area contributed by atoms with Crippen molar-refractivity contribution in [2.45, 2.75) is 19.5 Å². The predicted molar refractivity (Wildman–Crippen MR) is 113 cm³/mol. The Morgan fingerprint density at radius 3 is 2.50 bits per heavy atom. The second-order valence-electron chi connectivity index (χ2n) is 7.39. The van der Waals surface area contributed by atoms with Crippen molar-refractivity contribution in [2.24, 2.45) is 0 Å². The molecule has 2 aromatic rings. The largest absolute Gasteiger partial charge is 0.454 e. The molecular weight excluding hydrogens is 384 g/mol. The molecule has 2 heterocycles. The van der Waals surface area contributed by atoms with Gasteiger partial charge in [0.25, 0.3) is 0 Å². The molecule has 1 fully saturated rings. The quantitative estimate of drug-likeness (QED) is 0.787. The van der Waals surface area contributed by atoms with Crippen LogP contribution < -0.4 is 25.0 Å². The van der Waals surface area contributed by atoms with Crippen molar-refractivity contribution >= 4 is 17.6 Å². The summed E-state index contributed by atoms with van der Waals surface area (Å²) in [6.45, 7) is 5.02. The number of nitrogens with zero attached hydrogens (tertiary/aromatic N) is 2. The number of carbonyl (C=O) groups excluding carboxylic acids is 2. The molecule has 1 unspecified atom stereocenters. The number of anilines is 1. The lowest BCUT2D eigenvalue weighted by Gasteiger charge is -2.36. The first-order chi connectivity index (χ1) is 14.6. The van der Waals surface area contributed by atoms with Gasteiger partial charge in [-0.05, 0) is 36.8 Å². The van der Waals surface area contributed by atoms with Crippen LogP contribution in [0, 0.1) is 0 Å². The first-order valence-corrected chi connectivity index (χ1v) is 10.1. The van der Waals surface area contributed by atoms with Crippen molar-refractivity contribution in [3.8, 4) is 11.5 Å². The molecule has 0 aromatic heterocycles. The van der Waals surface area contributed by atoms with Gasteiger partial charge >= 0.3 is 6.03 Å². The first-order valence-electron chi connectivity index (χ1n) is 10.1. The van der Waals surface area contributed by atoms with Crippen molar-refractivity contribution in [1.82, 2.24) is 15.5 Å². The third-order valence-electron chi connectivity index (χ3n) is 5.33. The van der Waals surface area contributed by atoms with Crippen LogP contribution >= 0.6 is 0 Å². The third kappa shape index (κ3) is 4.59. The summed E-state index contributed by atoms with van der Waals surface area (Å²) < 4.78 is 10.6. The Hall–Kier alpha value is -3.42. The summed E-state index contributed by atoms with van der Waals surface area (Å²) in [4.78, 5) is 28.9. The normalized spacial score (nSPS) is 16.2. The Labute approximate surface area is 175 Å².